The molecule has 0 radical (unpaired) electrons. The summed E-state index contributed by atoms with van der Waals surface area (Å²) < 4.78 is 6.13. The molecule has 6 heteroatoms. The Kier molecular flexibility index (Phi) is 6.18. The largest absolute Gasteiger partial charge is 0.373 e. The summed E-state index contributed by atoms with van der Waals surface area (Å²) in [5, 5.41) is 3.71. The van der Waals surface area contributed by atoms with E-state index in [-0.39, 0.29) is 24.0 Å². The zero-order chi connectivity index (χ0) is 18.3. The van der Waals surface area contributed by atoms with Gasteiger partial charge >= 0.3 is 0 Å². The van der Waals surface area contributed by atoms with Gasteiger partial charge in [0.05, 0.1) is 18.8 Å². The number of halogens is 1. The van der Waals surface area contributed by atoms with Crippen molar-refractivity contribution in [3.63, 3.8) is 0 Å². The van der Waals surface area contributed by atoms with Crippen molar-refractivity contribution in [3.8, 4) is 0 Å². The average molecular weight is 496 g/mol. The molecule has 4 aliphatic rings. The summed E-state index contributed by atoms with van der Waals surface area (Å²) in [6.45, 7) is 5.92. The number of morpholine rings is 1. The molecule has 2 heterocycles. The van der Waals surface area contributed by atoms with Crippen molar-refractivity contribution in [2.75, 3.05) is 39.8 Å². The molecule has 0 spiro atoms. The molecule has 0 amide bonds. The van der Waals surface area contributed by atoms with Crippen LogP contribution in [0.3, 0.4) is 0 Å². The molecule has 1 N–H and O–H groups in total. The number of aliphatic imine (C=N–C) groups is 1. The lowest BCUT2D eigenvalue weighted by atomic mass is 10.0. The molecule has 2 aliphatic carbocycles. The number of benzene rings is 1. The van der Waals surface area contributed by atoms with Gasteiger partial charge in [-0.05, 0) is 42.6 Å². The highest BCUT2D eigenvalue weighted by Gasteiger charge is 2.53. The van der Waals surface area contributed by atoms with Crippen LogP contribution in [-0.2, 0) is 11.3 Å². The molecule has 1 aromatic rings. The second kappa shape index (κ2) is 8.48. The molecule has 2 unspecified atom stereocenters. The monoisotopic (exact) mass is 496 g/mol. The van der Waals surface area contributed by atoms with E-state index >= 15 is 0 Å². The third-order valence-electron chi connectivity index (χ3n) is 7.09. The zero-order valence-electron chi connectivity index (χ0n) is 16.8. The van der Waals surface area contributed by atoms with E-state index in [1.165, 1.54) is 31.2 Å². The van der Waals surface area contributed by atoms with Crippen molar-refractivity contribution in [3.05, 3.63) is 35.9 Å². The second-order valence-corrected chi connectivity index (χ2v) is 8.88. The highest BCUT2D eigenvalue weighted by Crippen LogP contribution is 2.60. The number of hydrogen-bond donors (Lipinski definition) is 1. The number of fused-ring (bicyclic) bond motifs is 1. The first-order valence-electron chi connectivity index (χ1n) is 10.6. The molecule has 2 atom stereocenters. The normalized spacial score (nSPS) is 29.2. The molecule has 2 aliphatic heterocycles. The molecule has 2 saturated heterocycles. The number of ether oxygens (including phenoxy) is 1. The van der Waals surface area contributed by atoms with Crippen LogP contribution in [0.4, 0.5) is 0 Å². The van der Waals surface area contributed by atoms with Gasteiger partial charge in [0.25, 0.3) is 0 Å². The summed E-state index contributed by atoms with van der Waals surface area (Å²) in [6, 6.07) is 11.3. The Morgan fingerprint density at radius 3 is 2.68 bits per heavy atom. The molecule has 0 bridgehead atoms. The Bertz CT molecular complexity index is 689. The van der Waals surface area contributed by atoms with E-state index in [4.69, 9.17) is 4.74 Å². The molecular formula is C22H33IN4O. The molecule has 28 heavy (non-hydrogen) atoms. The maximum absolute atomic E-state index is 6.13. The van der Waals surface area contributed by atoms with Gasteiger partial charge in [0.2, 0.25) is 0 Å². The van der Waals surface area contributed by atoms with Crippen LogP contribution >= 0.6 is 24.0 Å². The Balaban J connectivity index is 0.00000192. The number of nitrogens with one attached hydrogen (secondary N) is 1. The van der Waals surface area contributed by atoms with Crippen LogP contribution < -0.4 is 5.32 Å². The molecule has 4 fully saturated rings. The first-order chi connectivity index (χ1) is 13.3. The summed E-state index contributed by atoms with van der Waals surface area (Å²) in [7, 11) is 1.92. The Morgan fingerprint density at radius 1 is 1.21 bits per heavy atom. The fourth-order valence-corrected chi connectivity index (χ4v) is 5.12. The van der Waals surface area contributed by atoms with Crippen molar-refractivity contribution in [2.45, 2.75) is 44.4 Å². The predicted molar refractivity (Wildman–Crippen MR) is 123 cm³/mol. The number of likely N-dealkylation sites (tertiary alicyclic amines) is 1. The molecule has 1 aromatic carbocycles. The van der Waals surface area contributed by atoms with Crippen molar-refractivity contribution >= 4 is 29.9 Å². The lowest BCUT2D eigenvalue weighted by molar-refractivity contribution is -0.0502. The predicted octanol–water partition coefficient (Wildman–Crippen LogP) is 2.96. The topological polar surface area (TPSA) is 40.1 Å². The van der Waals surface area contributed by atoms with Gasteiger partial charge < -0.3 is 15.0 Å². The summed E-state index contributed by atoms with van der Waals surface area (Å²) in [5.74, 6) is 2.05. The van der Waals surface area contributed by atoms with Gasteiger partial charge in [-0.3, -0.25) is 9.89 Å². The highest BCUT2D eigenvalue weighted by molar-refractivity contribution is 14.0. The van der Waals surface area contributed by atoms with Gasteiger partial charge in [0, 0.05) is 39.8 Å². The summed E-state index contributed by atoms with van der Waals surface area (Å²) in [6.07, 6.45) is 5.98. The summed E-state index contributed by atoms with van der Waals surface area (Å²) in [5.41, 5.74) is 1.98. The van der Waals surface area contributed by atoms with E-state index in [2.05, 4.69) is 50.4 Å². The minimum Gasteiger partial charge on any atom is -0.373 e. The summed E-state index contributed by atoms with van der Waals surface area (Å²) >= 11 is 0. The average Bonchev–Trinajstić information content (AvgIpc) is 3.61. The Labute approximate surface area is 185 Å². The van der Waals surface area contributed by atoms with Crippen molar-refractivity contribution < 1.29 is 4.74 Å². The van der Waals surface area contributed by atoms with Crippen LogP contribution in [0.15, 0.2) is 35.3 Å². The second-order valence-electron chi connectivity index (χ2n) is 8.88. The Morgan fingerprint density at radius 2 is 2.00 bits per heavy atom. The molecular weight excluding hydrogens is 463 g/mol. The van der Waals surface area contributed by atoms with Crippen LogP contribution in [0.2, 0.25) is 0 Å². The number of guanidine groups is 1. The van der Waals surface area contributed by atoms with E-state index in [1.54, 1.807) is 0 Å². The van der Waals surface area contributed by atoms with Gasteiger partial charge in [-0.25, -0.2) is 0 Å². The van der Waals surface area contributed by atoms with E-state index in [9.17, 15) is 0 Å². The fraction of sp³-hybridized carbons (Fsp3) is 0.682. The molecule has 154 valence electrons. The van der Waals surface area contributed by atoms with Gasteiger partial charge in [0.15, 0.2) is 5.96 Å². The van der Waals surface area contributed by atoms with Gasteiger partial charge in [-0.15, -0.1) is 24.0 Å². The maximum Gasteiger partial charge on any atom is 0.193 e. The number of nitrogens with zero attached hydrogens (tertiary/aromatic N) is 3. The number of hydrogen-bond acceptors (Lipinski definition) is 3. The highest BCUT2D eigenvalue weighted by atomic mass is 127. The fourth-order valence-electron chi connectivity index (χ4n) is 5.12. The SMILES string of the molecule is CN=C(NCC1(C2CC2)CC1)N1CC2OCCN(Cc3ccccc3)C2C1.I. The summed E-state index contributed by atoms with van der Waals surface area (Å²) in [4.78, 5) is 9.62. The molecule has 0 aromatic heterocycles. The lowest BCUT2D eigenvalue weighted by Gasteiger charge is -2.36. The molecule has 5 rings (SSSR count). The van der Waals surface area contributed by atoms with E-state index in [1.807, 2.05) is 7.05 Å². The zero-order valence-corrected chi connectivity index (χ0v) is 19.2. The minimum atomic E-state index is 0. The minimum absolute atomic E-state index is 0. The van der Waals surface area contributed by atoms with Gasteiger partial charge in [0.1, 0.15) is 0 Å². The van der Waals surface area contributed by atoms with Crippen LogP contribution in [-0.4, -0.2) is 67.7 Å². The molecule has 5 nitrogen and oxygen atoms in total. The van der Waals surface area contributed by atoms with Gasteiger partial charge in [-0.2, -0.15) is 0 Å². The van der Waals surface area contributed by atoms with E-state index in [0.717, 1.165) is 51.2 Å². The molecule has 2 saturated carbocycles. The number of rotatable bonds is 5. The van der Waals surface area contributed by atoms with Crippen molar-refractivity contribution in [2.24, 2.45) is 16.3 Å². The third-order valence-corrected chi connectivity index (χ3v) is 7.09. The van der Waals surface area contributed by atoms with Crippen molar-refractivity contribution in [1.29, 1.82) is 0 Å². The lowest BCUT2D eigenvalue weighted by Crippen LogP contribution is -2.50. The Hall–Kier alpha value is -0.860. The smallest absolute Gasteiger partial charge is 0.193 e. The quantitative estimate of drug-likeness (QED) is 0.387. The van der Waals surface area contributed by atoms with Crippen LogP contribution in [0.25, 0.3) is 0 Å². The van der Waals surface area contributed by atoms with Crippen LogP contribution in [0, 0.1) is 11.3 Å². The van der Waals surface area contributed by atoms with E-state index in [0.29, 0.717) is 17.6 Å². The van der Waals surface area contributed by atoms with Crippen LogP contribution in [0.1, 0.15) is 31.2 Å². The van der Waals surface area contributed by atoms with E-state index < -0.39 is 0 Å². The van der Waals surface area contributed by atoms with Gasteiger partial charge in [-0.1, -0.05) is 30.3 Å². The first-order valence-corrected chi connectivity index (χ1v) is 10.6. The first kappa shape index (κ1) is 20.4. The third kappa shape index (κ3) is 4.19. The van der Waals surface area contributed by atoms with Crippen LogP contribution in [0.5, 0.6) is 0 Å². The maximum atomic E-state index is 6.13. The van der Waals surface area contributed by atoms with Crippen molar-refractivity contribution in [1.82, 2.24) is 15.1 Å². The standard InChI is InChI=1S/C22H32N4O.HI/c1-23-21(24-16-22(9-10-22)18-7-8-18)26-14-19-20(15-26)27-12-11-25(19)13-17-5-3-2-4-6-17;/h2-6,18-20H,7-16H2,1H3,(H,23,24);1H.